The Kier molecular flexibility index (Phi) is 7.51. The summed E-state index contributed by atoms with van der Waals surface area (Å²) in [6, 6.07) is 29.3. The molecule has 5 aromatic carbocycles. The standard InChI is InChI=1S/C38H32NO6/c1-43-38-35(42)34-32(41)22-33(25-10-13-26(40)14-11-25)45-36(34)30(37(38)44-21-19-23-6-3-2-4-7-23)15-12-24-8-5-9-28-27(24)16-17-31-29(28)18-20-39-31/h2-11,13-14,16-18,20,33,40H,12,15,19,21-22H2,1H3,(H,41,42)/q-1/p+1. The zero-order chi connectivity index (χ0) is 30.9. The van der Waals surface area contributed by atoms with Crippen LogP contribution in [0.15, 0.2) is 97.2 Å². The zero-order valence-electron chi connectivity index (χ0n) is 24.9. The van der Waals surface area contributed by atoms with Crippen molar-refractivity contribution in [3.05, 3.63) is 125 Å². The maximum atomic E-state index is 11.4. The lowest BCUT2D eigenvalue weighted by Crippen LogP contribution is -2.23. The van der Waals surface area contributed by atoms with E-state index in [1.807, 2.05) is 48.7 Å². The van der Waals surface area contributed by atoms with Crippen molar-refractivity contribution < 1.29 is 29.2 Å². The van der Waals surface area contributed by atoms with Crippen LogP contribution >= 0.6 is 0 Å². The number of methoxy groups -OCH3 is 1. The molecule has 0 spiro atoms. The minimum absolute atomic E-state index is 0.00142. The van der Waals surface area contributed by atoms with Gasteiger partial charge in [-0.15, -0.1) is 5.52 Å². The Bertz CT molecular complexity index is 2010. The van der Waals surface area contributed by atoms with Crippen LogP contribution in [0.3, 0.4) is 0 Å². The number of nitrogens with zero attached hydrogens (tertiary/aromatic N) is 1. The number of ether oxygens (including phenoxy) is 3. The molecule has 0 bridgehead atoms. The van der Waals surface area contributed by atoms with E-state index in [9.17, 15) is 15.0 Å². The van der Waals surface area contributed by atoms with Crippen LogP contribution in [0.5, 0.6) is 28.7 Å². The van der Waals surface area contributed by atoms with E-state index < -0.39 is 6.10 Å². The van der Waals surface area contributed by atoms with Crippen LogP contribution in [0.4, 0.5) is 0 Å². The summed E-state index contributed by atoms with van der Waals surface area (Å²) in [4.78, 5) is 15.8. The fraction of sp³-hybridized carbons (Fsp3) is 0.184. The highest BCUT2D eigenvalue weighted by molar-refractivity contribution is 6.07. The molecule has 1 unspecified atom stereocenters. The number of hydrogen-bond donors (Lipinski definition) is 2. The summed E-state index contributed by atoms with van der Waals surface area (Å²) in [6.45, 7) is 0.346. The molecule has 2 heterocycles. The van der Waals surface area contributed by atoms with Gasteiger partial charge in [0.15, 0.2) is 17.1 Å². The van der Waals surface area contributed by atoms with Crippen molar-refractivity contribution in [1.82, 2.24) is 4.98 Å². The Labute approximate surface area is 260 Å². The minimum Gasteiger partial charge on any atom is -0.664 e. The van der Waals surface area contributed by atoms with E-state index in [1.165, 1.54) is 7.11 Å². The third-order valence-electron chi connectivity index (χ3n) is 8.58. The Morgan fingerprint density at radius 1 is 0.822 bits per heavy atom. The molecule has 7 rings (SSSR count). The number of aromatic nitrogens is 1. The molecule has 0 fully saturated rings. The van der Waals surface area contributed by atoms with E-state index in [0.717, 1.165) is 38.4 Å². The summed E-state index contributed by atoms with van der Waals surface area (Å²) >= 11 is 0. The van der Waals surface area contributed by atoms with Gasteiger partial charge in [0.05, 0.1) is 13.7 Å². The molecule has 45 heavy (non-hydrogen) atoms. The summed E-state index contributed by atoms with van der Waals surface area (Å²) in [6.07, 6.45) is 3.23. The van der Waals surface area contributed by atoms with Crippen LogP contribution in [0.2, 0.25) is 0 Å². The van der Waals surface area contributed by atoms with E-state index in [0.29, 0.717) is 42.9 Å². The van der Waals surface area contributed by atoms with Crippen molar-refractivity contribution in [2.75, 3.05) is 13.7 Å². The first-order valence-corrected chi connectivity index (χ1v) is 15.1. The molecule has 7 heteroatoms. The van der Waals surface area contributed by atoms with Crippen molar-refractivity contribution in [3.8, 4) is 28.7 Å². The molecule has 0 radical (unpaired) electrons. The zero-order valence-corrected chi connectivity index (χ0v) is 24.9. The van der Waals surface area contributed by atoms with Crippen molar-refractivity contribution >= 4 is 27.5 Å². The lowest BCUT2D eigenvalue weighted by Gasteiger charge is -2.28. The summed E-state index contributed by atoms with van der Waals surface area (Å²) in [5.41, 5.74) is 4.94. The first-order valence-electron chi connectivity index (χ1n) is 15.1. The van der Waals surface area contributed by atoms with Gasteiger partial charge in [-0.25, -0.2) is 0 Å². The number of benzene rings is 5. The van der Waals surface area contributed by atoms with Crippen molar-refractivity contribution in [1.29, 1.82) is 0 Å². The van der Waals surface area contributed by atoms with Crippen LogP contribution < -0.4 is 19.2 Å². The predicted octanol–water partition coefficient (Wildman–Crippen LogP) is 7.19. The quantitative estimate of drug-likeness (QED) is 0.171. The van der Waals surface area contributed by atoms with Crippen molar-refractivity contribution in [2.24, 2.45) is 0 Å². The van der Waals surface area contributed by atoms with Crippen LogP contribution in [0, 0.1) is 0 Å². The van der Waals surface area contributed by atoms with Crippen LogP contribution in [-0.4, -0.2) is 34.5 Å². The highest BCUT2D eigenvalue weighted by Gasteiger charge is 2.40. The maximum absolute atomic E-state index is 11.4. The van der Waals surface area contributed by atoms with Gasteiger partial charge in [0.25, 0.3) is 0 Å². The van der Waals surface area contributed by atoms with Crippen LogP contribution in [-0.2, 0) is 19.3 Å². The lowest BCUT2D eigenvalue weighted by molar-refractivity contribution is 0.195. The first-order chi connectivity index (χ1) is 22.0. The molecule has 0 saturated heterocycles. The molecule has 6 aromatic rings. The number of carbonyl (C=O) groups excluding carboxylic acids is 1. The number of ketones is 1. The largest absolute Gasteiger partial charge is 0.664 e. The second kappa shape index (κ2) is 11.9. The third-order valence-corrected chi connectivity index (χ3v) is 8.58. The molecule has 7 nitrogen and oxygen atoms in total. The number of hydrogen-bond acceptors (Lipinski definition) is 5. The predicted molar refractivity (Wildman–Crippen MR) is 175 cm³/mol. The average Bonchev–Trinajstić information content (AvgIpc) is 3.55. The number of aryl methyl sites for hydroxylation is 1. The normalized spacial score (nSPS) is 14.3. The molecule has 1 atom stereocenters. The number of fused-ring (bicyclic) bond motifs is 4. The second-order valence-electron chi connectivity index (χ2n) is 11.3. The van der Waals surface area contributed by atoms with Gasteiger partial charge in [-0.2, -0.15) is 6.20 Å². The van der Waals surface area contributed by atoms with Gasteiger partial charge in [-0.05, 0) is 57.8 Å². The summed E-state index contributed by atoms with van der Waals surface area (Å²) in [5, 5.41) is 24.7. The molecule has 3 N–H and O–H groups in total. The second-order valence-corrected chi connectivity index (χ2v) is 11.3. The SMILES string of the molecule is COc1c(O)c2c(c(CCc3cccc4c3ccc3[n-]ccc34)c1OCCc1ccccc1)OC(c1ccc(O)cc1)CC2=[OH+]. The fourth-order valence-corrected chi connectivity index (χ4v) is 6.33. The average molecular weight is 600 g/mol. The lowest BCUT2D eigenvalue weighted by atomic mass is 9.90. The van der Waals surface area contributed by atoms with Gasteiger partial charge in [-0.1, -0.05) is 78.9 Å². The number of phenolic OH excluding ortho intramolecular Hbond substituents is 2. The summed E-state index contributed by atoms with van der Waals surface area (Å²) < 4.78 is 18.8. The molecule has 0 saturated carbocycles. The Hall–Kier alpha value is -5.43. The number of aromatic hydroxyl groups is 2. The maximum Gasteiger partial charge on any atom is 0.335 e. The van der Waals surface area contributed by atoms with Gasteiger partial charge in [0, 0.05) is 12.0 Å². The fourth-order valence-electron chi connectivity index (χ4n) is 6.33. The Morgan fingerprint density at radius 3 is 2.44 bits per heavy atom. The van der Waals surface area contributed by atoms with E-state index in [-0.39, 0.29) is 35.0 Å². The van der Waals surface area contributed by atoms with E-state index >= 15 is 0 Å². The topological polar surface area (TPSA) is 104 Å². The smallest absolute Gasteiger partial charge is 0.335 e. The minimum atomic E-state index is -0.530. The molecule has 0 aliphatic carbocycles. The first kappa shape index (κ1) is 28.3. The van der Waals surface area contributed by atoms with E-state index in [4.69, 9.17) is 14.2 Å². The summed E-state index contributed by atoms with van der Waals surface area (Å²) in [7, 11) is 1.49. The van der Waals surface area contributed by atoms with Gasteiger partial charge in [0.1, 0.15) is 24.0 Å². The van der Waals surface area contributed by atoms with Crippen LogP contribution in [0.25, 0.3) is 21.7 Å². The van der Waals surface area contributed by atoms with Crippen molar-refractivity contribution in [3.63, 3.8) is 0 Å². The third kappa shape index (κ3) is 5.31. The van der Waals surface area contributed by atoms with E-state index in [2.05, 4.69) is 29.2 Å². The van der Waals surface area contributed by atoms with Crippen molar-refractivity contribution in [2.45, 2.75) is 31.8 Å². The monoisotopic (exact) mass is 599 g/mol. The van der Waals surface area contributed by atoms with Gasteiger partial charge in [0.2, 0.25) is 5.75 Å². The van der Waals surface area contributed by atoms with Gasteiger partial charge < -0.3 is 29.4 Å². The molecular weight excluding hydrogens is 566 g/mol. The highest BCUT2D eigenvalue weighted by atomic mass is 16.5. The molecule has 0 amide bonds. The molecule has 1 aromatic heterocycles. The molecule has 1 aliphatic rings. The molecular formula is C38H33NO6. The highest BCUT2D eigenvalue weighted by Crippen LogP contribution is 2.52. The number of phenols is 2. The summed E-state index contributed by atoms with van der Waals surface area (Å²) in [5.74, 6) is 0.851. The van der Waals surface area contributed by atoms with Crippen LogP contribution in [0.1, 0.15) is 40.3 Å². The Morgan fingerprint density at radius 2 is 1.64 bits per heavy atom. The van der Waals surface area contributed by atoms with Gasteiger partial charge >= 0.3 is 5.78 Å². The Balaban J connectivity index is 1.31. The van der Waals surface area contributed by atoms with E-state index in [1.54, 1.807) is 24.3 Å². The number of rotatable bonds is 9. The van der Waals surface area contributed by atoms with Gasteiger partial charge in [-0.3, -0.25) is 4.79 Å². The molecule has 1 aliphatic heterocycles. The molecule has 226 valence electrons.